The lowest BCUT2D eigenvalue weighted by atomic mass is 10.4. The molecule has 0 spiro atoms. The van der Waals surface area contributed by atoms with Gasteiger partial charge in [-0.1, -0.05) is 17.8 Å². The summed E-state index contributed by atoms with van der Waals surface area (Å²) in [6, 6.07) is 0. The van der Waals surface area contributed by atoms with Crippen molar-refractivity contribution >= 4 is 34.0 Å². The summed E-state index contributed by atoms with van der Waals surface area (Å²) < 4.78 is 6.69. The minimum absolute atomic E-state index is 0.0591. The van der Waals surface area contributed by atoms with Crippen LogP contribution in [0.3, 0.4) is 0 Å². The van der Waals surface area contributed by atoms with E-state index >= 15 is 0 Å². The van der Waals surface area contributed by atoms with Gasteiger partial charge in [0.2, 0.25) is 0 Å². The molecule has 108 valence electrons. The monoisotopic (exact) mass is 312 g/mol. The number of thioether (sulfide) groups is 1. The fourth-order valence-electron chi connectivity index (χ4n) is 1.62. The van der Waals surface area contributed by atoms with Crippen LogP contribution in [0.5, 0.6) is 0 Å². The predicted molar refractivity (Wildman–Crippen MR) is 82.6 cm³/mol. The second-order valence-corrected chi connectivity index (χ2v) is 5.95. The van der Waals surface area contributed by atoms with Crippen LogP contribution in [0.25, 0.3) is 10.9 Å². The lowest BCUT2D eigenvalue weighted by molar-refractivity contribution is 0.0625. The van der Waals surface area contributed by atoms with Crippen LogP contribution in [-0.4, -0.2) is 39.7 Å². The van der Waals surface area contributed by atoms with E-state index in [2.05, 4.69) is 11.6 Å². The van der Waals surface area contributed by atoms with Gasteiger partial charge in [-0.2, -0.15) is 0 Å². The van der Waals surface area contributed by atoms with Crippen molar-refractivity contribution in [1.82, 2.24) is 9.55 Å². The van der Waals surface area contributed by atoms with Crippen LogP contribution in [0.2, 0.25) is 0 Å². The Bertz CT molecular complexity index is 651. The molecule has 1 unspecified atom stereocenters. The normalized spacial score (nSPS) is 12.7. The molecule has 2 aromatic rings. The number of aliphatic hydroxyl groups excluding tert-OH is 1. The van der Waals surface area contributed by atoms with E-state index in [0.717, 1.165) is 0 Å². The van der Waals surface area contributed by atoms with Gasteiger partial charge in [0.05, 0.1) is 30.2 Å². The first-order valence-electron chi connectivity index (χ1n) is 6.06. The van der Waals surface area contributed by atoms with Crippen molar-refractivity contribution in [2.75, 3.05) is 19.0 Å². The van der Waals surface area contributed by atoms with E-state index in [1.807, 2.05) is 5.38 Å². The summed E-state index contributed by atoms with van der Waals surface area (Å²) in [4.78, 5) is 16.5. The third kappa shape index (κ3) is 3.49. The zero-order valence-corrected chi connectivity index (χ0v) is 12.7. The molecule has 0 aliphatic rings. The third-order valence-corrected chi connectivity index (χ3v) is 4.54. The van der Waals surface area contributed by atoms with Crippen LogP contribution in [-0.2, 0) is 11.8 Å². The number of hydrogen-bond donors (Lipinski definition) is 1. The van der Waals surface area contributed by atoms with Crippen LogP contribution in [0.1, 0.15) is 0 Å². The van der Waals surface area contributed by atoms with Crippen LogP contribution in [0.15, 0.2) is 33.4 Å². The average molecular weight is 312 g/mol. The van der Waals surface area contributed by atoms with Crippen molar-refractivity contribution in [3.63, 3.8) is 0 Å². The number of aliphatic hydroxyl groups is 1. The Morgan fingerprint density at radius 3 is 3.20 bits per heavy atom. The number of hydrogen-bond acceptors (Lipinski definition) is 6. The zero-order chi connectivity index (χ0) is 14.5. The van der Waals surface area contributed by atoms with Crippen LogP contribution in [0, 0.1) is 0 Å². The molecular weight excluding hydrogens is 296 g/mol. The lowest BCUT2D eigenvalue weighted by Gasteiger charge is -2.11. The first-order valence-corrected chi connectivity index (χ1v) is 7.98. The maximum absolute atomic E-state index is 12.1. The number of aromatic nitrogens is 2. The van der Waals surface area contributed by atoms with Gasteiger partial charge in [0.25, 0.3) is 5.56 Å². The second kappa shape index (κ2) is 7.03. The van der Waals surface area contributed by atoms with E-state index in [-0.39, 0.29) is 12.2 Å². The first kappa shape index (κ1) is 15.2. The van der Waals surface area contributed by atoms with E-state index in [0.29, 0.717) is 28.4 Å². The summed E-state index contributed by atoms with van der Waals surface area (Å²) in [7, 11) is 1.69. The Kier molecular flexibility index (Phi) is 5.36. The van der Waals surface area contributed by atoms with E-state index in [1.54, 1.807) is 18.5 Å². The number of ether oxygens (including phenoxy) is 1. The summed E-state index contributed by atoms with van der Waals surface area (Å²) in [5.41, 5.74) is 0.647. The Morgan fingerprint density at radius 1 is 1.65 bits per heavy atom. The van der Waals surface area contributed by atoms with Gasteiger partial charge in [-0.3, -0.25) is 9.36 Å². The number of nitrogens with zero attached hydrogens (tertiary/aromatic N) is 2. The summed E-state index contributed by atoms with van der Waals surface area (Å²) in [6.45, 7) is 4.20. The molecule has 1 N–H and O–H groups in total. The van der Waals surface area contributed by atoms with E-state index in [9.17, 15) is 9.90 Å². The molecule has 0 aliphatic heterocycles. The first-order chi connectivity index (χ1) is 9.63. The molecule has 7 heteroatoms. The quantitative estimate of drug-likeness (QED) is 0.364. The van der Waals surface area contributed by atoms with Crippen molar-refractivity contribution in [3.05, 3.63) is 33.8 Å². The summed E-state index contributed by atoms with van der Waals surface area (Å²) in [6.07, 6.45) is 1.03. The minimum Gasteiger partial charge on any atom is -0.390 e. The predicted octanol–water partition coefficient (Wildman–Crippen LogP) is 1.65. The fourth-order valence-corrected chi connectivity index (χ4v) is 3.23. The molecule has 20 heavy (non-hydrogen) atoms. The van der Waals surface area contributed by atoms with Crippen molar-refractivity contribution in [1.29, 1.82) is 0 Å². The molecule has 2 rings (SSSR count). The van der Waals surface area contributed by atoms with Gasteiger partial charge in [-0.25, -0.2) is 4.98 Å². The summed E-state index contributed by atoms with van der Waals surface area (Å²) in [5, 5.41) is 14.7. The molecule has 0 saturated heterocycles. The molecule has 2 aromatic heterocycles. The van der Waals surface area contributed by atoms with Gasteiger partial charge >= 0.3 is 0 Å². The van der Waals surface area contributed by atoms with Crippen molar-refractivity contribution < 1.29 is 9.84 Å². The third-order valence-electron chi connectivity index (χ3n) is 2.63. The lowest BCUT2D eigenvalue weighted by Crippen LogP contribution is -2.22. The largest absolute Gasteiger partial charge is 0.390 e. The molecule has 1 atom stereocenters. The standard InChI is InChI=1S/C13H16N2O3S2/c1-3-4-18-5-9(16)6-20-13-14-11-8-19-7-10(11)12(17)15(13)2/h3,7-9,16H,1,4-6H2,2H3. The van der Waals surface area contributed by atoms with Crippen LogP contribution < -0.4 is 5.56 Å². The molecular formula is C13H16N2O3S2. The Morgan fingerprint density at radius 2 is 2.45 bits per heavy atom. The highest BCUT2D eigenvalue weighted by atomic mass is 32.2. The number of thiophene rings is 1. The maximum Gasteiger partial charge on any atom is 0.262 e. The second-order valence-electron chi connectivity index (χ2n) is 4.22. The fraction of sp³-hybridized carbons (Fsp3) is 0.385. The summed E-state index contributed by atoms with van der Waals surface area (Å²) >= 11 is 2.80. The highest BCUT2D eigenvalue weighted by molar-refractivity contribution is 7.99. The van der Waals surface area contributed by atoms with Gasteiger partial charge in [0.15, 0.2) is 5.16 Å². The number of rotatable bonds is 7. The van der Waals surface area contributed by atoms with Crippen molar-refractivity contribution in [2.24, 2.45) is 7.05 Å². The Labute approximate surface area is 124 Å². The van der Waals surface area contributed by atoms with Gasteiger partial charge in [-0.15, -0.1) is 17.9 Å². The van der Waals surface area contributed by atoms with Gasteiger partial charge < -0.3 is 9.84 Å². The van der Waals surface area contributed by atoms with Crippen LogP contribution >= 0.6 is 23.1 Å². The smallest absolute Gasteiger partial charge is 0.262 e. The van der Waals surface area contributed by atoms with Crippen LogP contribution in [0.4, 0.5) is 0 Å². The summed E-state index contributed by atoms with van der Waals surface area (Å²) in [5.74, 6) is 0.424. The van der Waals surface area contributed by atoms with E-state index in [1.165, 1.54) is 27.7 Å². The topological polar surface area (TPSA) is 64.3 Å². The Balaban J connectivity index is 2.04. The zero-order valence-electron chi connectivity index (χ0n) is 11.1. The van der Waals surface area contributed by atoms with E-state index < -0.39 is 6.10 Å². The maximum atomic E-state index is 12.1. The minimum atomic E-state index is -0.602. The molecule has 2 heterocycles. The molecule has 0 bridgehead atoms. The molecule has 0 radical (unpaired) electrons. The van der Waals surface area contributed by atoms with E-state index in [4.69, 9.17) is 4.74 Å². The van der Waals surface area contributed by atoms with Gasteiger partial charge in [-0.05, 0) is 0 Å². The molecule has 0 fully saturated rings. The average Bonchev–Trinajstić information content (AvgIpc) is 2.90. The van der Waals surface area contributed by atoms with Crippen molar-refractivity contribution in [3.8, 4) is 0 Å². The molecule has 0 aliphatic carbocycles. The van der Waals surface area contributed by atoms with Gasteiger partial charge in [0.1, 0.15) is 0 Å². The highest BCUT2D eigenvalue weighted by Crippen LogP contribution is 2.19. The Hall–Kier alpha value is -1.15. The molecule has 0 saturated carbocycles. The SMILES string of the molecule is C=CCOCC(O)CSc1nc2cscc2c(=O)n1C. The number of fused-ring (bicyclic) bond motifs is 1. The highest BCUT2D eigenvalue weighted by Gasteiger charge is 2.12. The molecule has 0 aromatic carbocycles. The molecule has 5 nitrogen and oxygen atoms in total. The van der Waals surface area contributed by atoms with Crippen molar-refractivity contribution in [2.45, 2.75) is 11.3 Å². The van der Waals surface area contributed by atoms with Gasteiger partial charge in [0, 0.05) is 23.6 Å². The molecule has 0 amide bonds.